The number of hydrogen-bond donors (Lipinski definition) is 7. The number of carboxylic acids is 1. The summed E-state index contributed by atoms with van der Waals surface area (Å²) >= 11 is 0. The predicted octanol–water partition coefficient (Wildman–Crippen LogP) is 3.44. The number of esters is 1. The minimum Gasteiger partial charge on any atom is -0.480 e. The Hall–Kier alpha value is -6.28. The van der Waals surface area contributed by atoms with E-state index < -0.39 is 77.6 Å². The van der Waals surface area contributed by atoms with E-state index in [1.54, 1.807) is 41.5 Å². The number of hydrogen-bond acceptors (Lipinski definition) is 13. The highest BCUT2D eigenvalue weighted by molar-refractivity contribution is 5.92. The smallest absolute Gasteiger partial charge is 0.407 e. The number of carboxylic acid groups (broad SMARTS) is 1. The van der Waals surface area contributed by atoms with Crippen LogP contribution in [-0.2, 0) is 52.5 Å². The van der Waals surface area contributed by atoms with Crippen molar-refractivity contribution in [3.8, 4) is 11.1 Å². The number of carbonyl (C=O) groups excluding carboxylic acids is 7. The van der Waals surface area contributed by atoms with Crippen molar-refractivity contribution in [2.24, 2.45) is 0 Å². The first-order valence-electron chi connectivity index (χ1n) is 22.5. The van der Waals surface area contributed by atoms with Gasteiger partial charge in [0.2, 0.25) is 23.6 Å². The van der Waals surface area contributed by atoms with Crippen molar-refractivity contribution in [3.63, 3.8) is 0 Å². The van der Waals surface area contributed by atoms with Crippen molar-refractivity contribution in [2.45, 2.75) is 116 Å². The fourth-order valence-electron chi connectivity index (χ4n) is 6.78. The van der Waals surface area contributed by atoms with Gasteiger partial charge in [-0.2, -0.15) is 0 Å². The summed E-state index contributed by atoms with van der Waals surface area (Å²) < 4.78 is 27.0. The van der Waals surface area contributed by atoms with Crippen LogP contribution < -0.4 is 31.9 Å². The van der Waals surface area contributed by atoms with Gasteiger partial charge in [0.1, 0.15) is 36.4 Å². The summed E-state index contributed by atoms with van der Waals surface area (Å²) in [5.74, 6) is -4.67. The lowest BCUT2D eigenvalue weighted by molar-refractivity contribution is -0.155. The topological polar surface area (TPSA) is 275 Å². The van der Waals surface area contributed by atoms with Crippen molar-refractivity contribution in [1.29, 1.82) is 0 Å². The molecule has 7 N–H and O–H groups in total. The normalized spacial score (nSPS) is 12.9. The van der Waals surface area contributed by atoms with E-state index >= 15 is 0 Å². The van der Waals surface area contributed by atoms with E-state index in [1.165, 1.54) is 0 Å². The van der Waals surface area contributed by atoms with Crippen LogP contribution in [0, 0.1) is 0 Å². The molecule has 20 nitrogen and oxygen atoms in total. The quantitative estimate of drug-likeness (QED) is 0.0366. The molecule has 0 saturated heterocycles. The zero-order valence-corrected chi connectivity index (χ0v) is 39.4. The summed E-state index contributed by atoms with van der Waals surface area (Å²) in [6, 6.07) is 13.6. The highest BCUT2D eigenvalue weighted by Gasteiger charge is 2.30. The molecule has 0 heterocycles. The maximum absolute atomic E-state index is 13.1. The monoisotopic (exact) mass is 940 g/mol. The molecule has 2 aromatic rings. The van der Waals surface area contributed by atoms with Gasteiger partial charge >= 0.3 is 24.1 Å². The van der Waals surface area contributed by atoms with Crippen molar-refractivity contribution < 1.29 is 67.1 Å². The summed E-state index contributed by atoms with van der Waals surface area (Å²) in [7, 11) is 0. The Morgan fingerprint density at radius 1 is 0.582 bits per heavy atom. The summed E-state index contributed by atoms with van der Waals surface area (Å²) in [5, 5.41) is 24.4. The zero-order valence-electron chi connectivity index (χ0n) is 39.4. The first-order chi connectivity index (χ1) is 31.7. The fourth-order valence-corrected chi connectivity index (χ4v) is 6.78. The van der Waals surface area contributed by atoms with Gasteiger partial charge in [0, 0.05) is 44.8 Å². The lowest BCUT2D eigenvalue weighted by Crippen LogP contribution is -2.49. The molecule has 370 valence electrons. The Morgan fingerprint density at radius 2 is 1.09 bits per heavy atom. The Bertz CT molecular complexity index is 1940. The summed E-state index contributed by atoms with van der Waals surface area (Å²) in [5.41, 5.74) is 2.98. The van der Waals surface area contributed by atoms with Crippen molar-refractivity contribution in [1.82, 2.24) is 31.9 Å². The predicted molar refractivity (Wildman–Crippen MR) is 245 cm³/mol. The van der Waals surface area contributed by atoms with Crippen LogP contribution in [-0.4, -0.2) is 135 Å². The molecule has 1 aliphatic rings. The third-order valence-electron chi connectivity index (χ3n) is 9.72. The number of alkyl carbamates (subject to hydrolysis) is 2. The van der Waals surface area contributed by atoms with Crippen LogP contribution >= 0.6 is 0 Å². The standard InChI is InChI=1S/C47H68N6O14/c1-46(2,3)66-41(58)21-18-37(42(59)48-23-25-63-27-28-64-26-24-50-45(62)67-47(4,5)6)53-39(55)20-19-38(54)52-36(43(60)51-29-40(56)57)17-11-12-22-49-44(61)65-30-35-33-15-9-7-13-31(33)32-14-8-10-16-34(32)35/h7-10,13-16,35-37H,11-12,17-30H2,1-6H3,(H,48,59)(H,49,61)(H,50,62)(H,51,60)(H,52,54)(H,53,55)(H,56,57). The third-order valence-corrected chi connectivity index (χ3v) is 9.72. The minimum absolute atomic E-state index is 0.0665. The second kappa shape index (κ2) is 28.0. The number of unbranched alkanes of at least 4 members (excludes halogenated alkanes) is 1. The largest absolute Gasteiger partial charge is 0.480 e. The van der Waals surface area contributed by atoms with Gasteiger partial charge in [-0.1, -0.05) is 48.5 Å². The van der Waals surface area contributed by atoms with Crippen LogP contribution in [0.1, 0.15) is 104 Å². The minimum atomic E-state index is -1.28. The number of benzene rings is 2. The highest BCUT2D eigenvalue weighted by atomic mass is 16.6. The van der Waals surface area contributed by atoms with Crippen LogP contribution in [0.15, 0.2) is 48.5 Å². The average Bonchev–Trinajstić information content (AvgIpc) is 3.57. The second-order valence-electron chi connectivity index (χ2n) is 17.7. The number of nitrogens with one attached hydrogen (secondary N) is 6. The molecule has 67 heavy (non-hydrogen) atoms. The molecule has 0 aliphatic heterocycles. The SMILES string of the molecule is CC(C)(C)OC(=O)CCC(NC(=O)CCC(=O)NC(CCCCNC(=O)OCC1c2ccccc2-c2ccccc21)C(=O)NCC(=O)O)C(=O)NCCOCCOCCNC(=O)OC(C)(C)C. The van der Waals surface area contributed by atoms with Crippen molar-refractivity contribution >= 4 is 47.8 Å². The van der Waals surface area contributed by atoms with Crippen LogP contribution in [0.4, 0.5) is 9.59 Å². The zero-order chi connectivity index (χ0) is 49.4. The first-order valence-corrected chi connectivity index (χ1v) is 22.5. The fraction of sp³-hybridized carbons (Fsp3) is 0.574. The van der Waals surface area contributed by atoms with Crippen LogP contribution in [0.2, 0.25) is 0 Å². The Kier molecular flexibility index (Phi) is 23.0. The Balaban J connectivity index is 1.42. The number of ether oxygens (including phenoxy) is 5. The van der Waals surface area contributed by atoms with Gasteiger partial charge in [-0.05, 0) is 89.5 Å². The van der Waals surface area contributed by atoms with Crippen LogP contribution in [0.3, 0.4) is 0 Å². The van der Waals surface area contributed by atoms with Gasteiger partial charge in [-0.25, -0.2) is 9.59 Å². The van der Waals surface area contributed by atoms with Gasteiger partial charge in [0.25, 0.3) is 0 Å². The molecule has 0 radical (unpaired) electrons. The molecule has 3 rings (SSSR count). The van der Waals surface area contributed by atoms with Gasteiger partial charge in [-0.15, -0.1) is 0 Å². The second-order valence-corrected chi connectivity index (χ2v) is 17.7. The molecule has 0 fully saturated rings. The average molecular weight is 941 g/mol. The molecular formula is C47H68N6O14. The third kappa shape index (κ3) is 22.2. The van der Waals surface area contributed by atoms with Gasteiger partial charge in [0.15, 0.2) is 0 Å². The van der Waals surface area contributed by atoms with E-state index in [4.69, 9.17) is 28.8 Å². The molecule has 0 aromatic heterocycles. The van der Waals surface area contributed by atoms with E-state index in [0.29, 0.717) is 12.8 Å². The molecule has 6 amide bonds. The maximum atomic E-state index is 13.1. The first kappa shape index (κ1) is 55.1. The summed E-state index contributed by atoms with van der Waals surface area (Å²) in [4.78, 5) is 100.0. The van der Waals surface area contributed by atoms with Gasteiger partial charge < -0.3 is 60.7 Å². The van der Waals surface area contributed by atoms with E-state index in [-0.39, 0.29) is 90.7 Å². The molecule has 2 aromatic carbocycles. The Morgan fingerprint density at radius 3 is 1.64 bits per heavy atom. The van der Waals surface area contributed by atoms with Crippen LogP contribution in [0.25, 0.3) is 11.1 Å². The molecule has 20 heteroatoms. The summed E-state index contributed by atoms with van der Waals surface area (Å²) in [6.45, 7) is 11.1. The molecule has 2 atom stereocenters. The van der Waals surface area contributed by atoms with Gasteiger partial charge in [-0.3, -0.25) is 28.8 Å². The van der Waals surface area contributed by atoms with E-state index in [2.05, 4.69) is 31.9 Å². The number of fused-ring (bicyclic) bond motifs is 3. The van der Waals surface area contributed by atoms with Crippen molar-refractivity contribution in [3.05, 3.63) is 59.7 Å². The molecule has 2 unspecified atom stereocenters. The van der Waals surface area contributed by atoms with Crippen LogP contribution in [0.5, 0.6) is 0 Å². The molecule has 0 saturated carbocycles. The molecule has 0 bridgehead atoms. The molecular weight excluding hydrogens is 873 g/mol. The van der Waals surface area contributed by atoms with Gasteiger partial charge in [0.05, 0.1) is 26.4 Å². The number of aliphatic carboxylic acids is 1. The number of amides is 6. The highest BCUT2D eigenvalue weighted by Crippen LogP contribution is 2.44. The summed E-state index contributed by atoms with van der Waals surface area (Å²) in [6.07, 6.45) is -1.39. The number of carbonyl (C=O) groups is 8. The van der Waals surface area contributed by atoms with E-state index in [1.807, 2.05) is 48.5 Å². The number of rotatable bonds is 28. The maximum Gasteiger partial charge on any atom is 0.407 e. The molecule has 0 spiro atoms. The van der Waals surface area contributed by atoms with E-state index in [9.17, 15) is 38.4 Å². The van der Waals surface area contributed by atoms with E-state index in [0.717, 1.165) is 22.3 Å². The Labute approximate surface area is 391 Å². The lowest BCUT2D eigenvalue weighted by atomic mass is 9.98. The lowest BCUT2D eigenvalue weighted by Gasteiger charge is -2.22. The van der Waals surface area contributed by atoms with Crippen molar-refractivity contribution in [2.75, 3.05) is 59.2 Å². The molecule has 1 aliphatic carbocycles.